The number of Topliss-reactive ketones (excluding diaryl/α,β-unsaturated/α-hetero) is 1. The molecule has 0 fully saturated rings. The number of carbonyl (C=O) groups is 2. The summed E-state index contributed by atoms with van der Waals surface area (Å²) in [6.07, 6.45) is 0. The van der Waals surface area contributed by atoms with E-state index in [1.54, 1.807) is 13.2 Å². The Balaban J connectivity index is 2.01. The van der Waals surface area contributed by atoms with Gasteiger partial charge in [0.05, 0.1) is 31.4 Å². The fraction of sp³-hybridized carbons (Fsp3) is 0.182. The summed E-state index contributed by atoms with van der Waals surface area (Å²) in [5, 5.41) is 3.27. The molecule has 5 nitrogen and oxygen atoms in total. The number of ketones is 1. The highest BCUT2D eigenvalue weighted by atomic mass is 79.9. The van der Waals surface area contributed by atoms with Crippen LogP contribution >= 0.6 is 15.9 Å². The number of rotatable bonds is 3. The molecule has 2 aromatic rings. The van der Waals surface area contributed by atoms with Crippen molar-refractivity contribution in [1.29, 1.82) is 0 Å². The zero-order chi connectivity index (χ0) is 20.0. The molecule has 0 bridgehead atoms. The van der Waals surface area contributed by atoms with Crippen LogP contribution in [0, 0.1) is 0 Å². The van der Waals surface area contributed by atoms with E-state index >= 15 is 0 Å². The maximum Gasteiger partial charge on any atom is 0.336 e. The summed E-state index contributed by atoms with van der Waals surface area (Å²) in [5.41, 5.74) is 4.51. The first-order chi connectivity index (χ1) is 13.5. The molecule has 1 unspecified atom stereocenters. The monoisotopic (exact) mass is 439 g/mol. The summed E-state index contributed by atoms with van der Waals surface area (Å²) in [7, 11) is 2.91. The van der Waals surface area contributed by atoms with Gasteiger partial charge in [0.25, 0.3) is 0 Å². The van der Waals surface area contributed by atoms with Gasteiger partial charge in [0, 0.05) is 32.4 Å². The Morgan fingerprint density at radius 2 is 1.82 bits per heavy atom. The Morgan fingerprint density at radius 3 is 2.50 bits per heavy atom. The van der Waals surface area contributed by atoms with Gasteiger partial charge in [0.1, 0.15) is 5.75 Å². The summed E-state index contributed by atoms with van der Waals surface area (Å²) in [4.78, 5) is 26.0. The van der Waals surface area contributed by atoms with E-state index in [-0.39, 0.29) is 5.78 Å². The molecule has 1 aliphatic heterocycles. The number of dihydropyridines is 1. The summed E-state index contributed by atoms with van der Waals surface area (Å²) in [6.45, 7) is 1.82. The SMILES string of the molecule is COC(=O)C1=C(C)NC2=C(C(=O)c3ccccc32)C1c1cc(Br)ccc1OC. The van der Waals surface area contributed by atoms with Gasteiger partial charge in [-0.15, -0.1) is 0 Å². The van der Waals surface area contributed by atoms with E-state index < -0.39 is 11.9 Å². The maximum absolute atomic E-state index is 13.3. The first-order valence-electron chi connectivity index (χ1n) is 8.75. The second kappa shape index (κ2) is 6.95. The number of hydrogen-bond acceptors (Lipinski definition) is 5. The lowest BCUT2D eigenvalue weighted by atomic mass is 9.79. The van der Waals surface area contributed by atoms with E-state index in [1.165, 1.54) is 7.11 Å². The second-order valence-electron chi connectivity index (χ2n) is 6.64. The van der Waals surface area contributed by atoms with Crippen LogP contribution in [0.25, 0.3) is 5.70 Å². The number of allylic oxidation sites excluding steroid dienone is 2. The van der Waals surface area contributed by atoms with Crippen molar-refractivity contribution in [3.8, 4) is 5.75 Å². The topological polar surface area (TPSA) is 64.6 Å². The van der Waals surface area contributed by atoms with Gasteiger partial charge >= 0.3 is 5.97 Å². The number of esters is 1. The number of benzene rings is 2. The third-order valence-corrected chi connectivity index (χ3v) is 5.65. The van der Waals surface area contributed by atoms with Crippen LogP contribution in [0.4, 0.5) is 0 Å². The highest BCUT2D eigenvalue weighted by molar-refractivity contribution is 9.10. The Kier molecular flexibility index (Phi) is 4.59. The Bertz CT molecular complexity index is 1080. The average molecular weight is 440 g/mol. The van der Waals surface area contributed by atoms with Crippen molar-refractivity contribution in [2.45, 2.75) is 12.8 Å². The molecule has 142 valence electrons. The Labute approximate surface area is 171 Å². The third kappa shape index (κ3) is 2.67. The van der Waals surface area contributed by atoms with Crippen LogP contribution in [-0.4, -0.2) is 26.0 Å². The molecule has 0 amide bonds. The van der Waals surface area contributed by atoms with E-state index in [2.05, 4.69) is 21.2 Å². The molecule has 1 N–H and O–H groups in total. The standard InChI is InChI=1S/C22H18BrNO4/c1-11-17(22(26)28-3)18(15-10-12(23)8-9-16(15)27-2)19-20(24-11)13-6-4-5-7-14(13)21(19)25/h4-10,18,24H,1-3H3. The van der Waals surface area contributed by atoms with Gasteiger partial charge in [0.2, 0.25) is 0 Å². The molecule has 0 saturated heterocycles. The van der Waals surface area contributed by atoms with Gasteiger partial charge in [0.15, 0.2) is 5.78 Å². The van der Waals surface area contributed by atoms with E-state index in [0.717, 1.165) is 21.3 Å². The van der Waals surface area contributed by atoms with Crippen molar-refractivity contribution < 1.29 is 19.1 Å². The molecule has 28 heavy (non-hydrogen) atoms. The zero-order valence-electron chi connectivity index (χ0n) is 15.6. The molecule has 1 atom stereocenters. The lowest BCUT2D eigenvalue weighted by Gasteiger charge is -2.30. The summed E-state index contributed by atoms with van der Waals surface area (Å²) < 4.78 is 11.4. The van der Waals surface area contributed by atoms with Crippen molar-refractivity contribution in [3.05, 3.63) is 80.5 Å². The largest absolute Gasteiger partial charge is 0.496 e. The van der Waals surface area contributed by atoms with Crippen LogP contribution in [0.15, 0.2) is 63.8 Å². The molecule has 0 aromatic heterocycles. The molecule has 2 aliphatic rings. The lowest BCUT2D eigenvalue weighted by Crippen LogP contribution is -2.29. The normalized spacial score (nSPS) is 17.9. The quantitative estimate of drug-likeness (QED) is 0.725. The molecule has 2 aromatic carbocycles. The highest BCUT2D eigenvalue weighted by Crippen LogP contribution is 2.49. The number of carbonyl (C=O) groups excluding carboxylic acids is 2. The van der Waals surface area contributed by atoms with E-state index in [9.17, 15) is 9.59 Å². The van der Waals surface area contributed by atoms with Crippen molar-refractivity contribution in [1.82, 2.24) is 5.32 Å². The van der Waals surface area contributed by atoms with Gasteiger partial charge < -0.3 is 14.8 Å². The van der Waals surface area contributed by atoms with Crippen LogP contribution in [0.3, 0.4) is 0 Å². The van der Waals surface area contributed by atoms with Crippen molar-refractivity contribution in [2.75, 3.05) is 14.2 Å². The van der Waals surface area contributed by atoms with Crippen LogP contribution in [0.2, 0.25) is 0 Å². The van der Waals surface area contributed by atoms with Crippen molar-refractivity contribution in [3.63, 3.8) is 0 Å². The molecular weight excluding hydrogens is 422 g/mol. The van der Waals surface area contributed by atoms with E-state index in [0.29, 0.717) is 28.2 Å². The van der Waals surface area contributed by atoms with Crippen LogP contribution in [0.5, 0.6) is 5.75 Å². The summed E-state index contributed by atoms with van der Waals surface area (Å²) in [6, 6.07) is 13.0. The zero-order valence-corrected chi connectivity index (χ0v) is 17.2. The molecule has 0 spiro atoms. The van der Waals surface area contributed by atoms with E-state index in [1.807, 2.05) is 43.3 Å². The first kappa shape index (κ1) is 18.5. The highest BCUT2D eigenvalue weighted by Gasteiger charge is 2.43. The number of methoxy groups -OCH3 is 2. The Hall–Kier alpha value is -2.86. The smallest absolute Gasteiger partial charge is 0.336 e. The molecule has 1 aliphatic carbocycles. The summed E-state index contributed by atoms with van der Waals surface area (Å²) >= 11 is 3.49. The molecule has 6 heteroatoms. The number of fused-ring (bicyclic) bond motifs is 2. The molecular formula is C22H18BrNO4. The summed E-state index contributed by atoms with van der Waals surface area (Å²) in [5.74, 6) is -0.581. The van der Waals surface area contributed by atoms with Gasteiger partial charge in [-0.1, -0.05) is 40.2 Å². The minimum Gasteiger partial charge on any atom is -0.496 e. The predicted octanol–water partition coefficient (Wildman–Crippen LogP) is 4.20. The number of halogens is 1. The third-order valence-electron chi connectivity index (χ3n) is 5.16. The van der Waals surface area contributed by atoms with Gasteiger partial charge in [-0.05, 0) is 25.1 Å². The fourth-order valence-electron chi connectivity index (χ4n) is 3.95. The average Bonchev–Trinajstić information content (AvgIpc) is 2.98. The van der Waals surface area contributed by atoms with Gasteiger partial charge in [-0.2, -0.15) is 0 Å². The maximum atomic E-state index is 13.3. The first-order valence-corrected chi connectivity index (χ1v) is 9.55. The fourth-order valence-corrected chi connectivity index (χ4v) is 4.33. The molecule has 0 radical (unpaired) electrons. The molecule has 4 rings (SSSR count). The minimum absolute atomic E-state index is 0.0981. The van der Waals surface area contributed by atoms with Gasteiger partial charge in [-0.25, -0.2) is 4.79 Å². The second-order valence-corrected chi connectivity index (χ2v) is 7.55. The van der Waals surface area contributed by atoms with E-state index in [4.69, 9.17) is 9.47 Å². The Morgan fingerprint density at radius 1 is 1.11 bits per heavy atom. The molecule has 1 heterocycles. The number of hydrogen-bond donors (Lipinski definition) is 1. The van der Waals surface area contributed by atoms with Crippen LogP contribution in [0.1, 0.15) is 34.3 Å². The number of nitrogens with one attached hydrogen (secondary N) is 1. The van der Waals surface area contributed by atoms with Crippen molar-refractivity contribution >= 4 is 33.4 Å². The van der Waals surface area contributed by atoms with Crippen molar-refractivity contribution in [2.24, 2.45) is 0 Å². The molecule has 0 saturated carbocycles. The van der Waals surface area contributed by atoms with Crippen LogP contribution < -0.4 is 10.1 Å². The minimum atomic E-state index is -0.601. The predicted molar refractivity (Wildman–Crippen MR) is 109 cm³/mol. The van der Waals surface area contributed by atoms with Gasteiger partial charge in [-0.3, -0.25) is 4.79 Å². The van der Waals surface area contributed by atoms with Crippen LogP contribution in [-0.2, 0) is 9.53 Å². The lowest BCUT2D eigenvalue weighted by molar-refractivity contribution is -0.136. The number of ether oxygens (including phenoxy) is 2.